The smallest absolute Gasteiger partial charge is 0.276 e. The standard InChI is InChI=1S/C23H25N3O3/c1-16-6-10-18(11-7-16)26-21-5-3-4-20(21)22(25-26)23(27)24-17-8-12-19(13-9-17)29-15-14-28-2/h6-13H,3-5,14-15H2,1-2H3,(H,24,27). The number of aromatic nitrogens is 2. The first kappa shape index (κ1) is 19.2. The molecule has 29 heavy (non-hydrogen) atoms. The molecule has 0 saturated heterocycles. The van der Waals surface area contributed by atoms with Crippen LogP contribution in [-0.4, -0.2) is 36.0 Å². The molecule has 0 fully saturated rings. The molecule has 1 N–H and O–H groups in total. The lowest BCUT2D eigenvalue weighted by molar-refractivity contribution is 0.102. The van der Waals surface area contributed by atoms with Crippen LogP contribution in [0.15, 0.2) is 48.5 Å². The molecule has 0 unspecified atom stereocenters. The Morgan fingerprint density at radius 3 is 2.55 bits per heavy atom. The van der Waals surface area contributed by atoms with Crippen molar-refractivity contribution in [1.29, 1.82) is 0 Å². The number of anilines is 1. The average molecular weight is 391 g/mol. The van der Waals surface area contributed by atoms with E-state index < -0.39 is 0 Å². The third kappa shape index (κ3) is 4.17. The molecule has 1 aliphatic rings. The molecule has 4 rings (SSSR count). The van der Waals surface area contributed by atoms with E-state index in [1.807, 2.05) is 41.1 Å². The first-order valence-corrected chi connectivity index (χ1v) is 9.86. The SMILES string of the molecule is COCCOc1ccc(NC(=O)c2nn(-c3ccc(C)cc3)c3c2CCC3)cc1. The molecule has 3 aromatic rings. The van der Waals surface area contributed by atoms with Gasteiger partial charge in [-0.05, 0) is 62.6 Å². The number of ether oxygens (including phenoxy) is 2. The van der Waals surface area contributed by atoms with E-state index in [0.29, 0.717) is 24.6 Å². The van der Waals surface area contributed by atoms with Crippen LogP contribution >= 0.6 is 0 Å². The van der Waals surface area contributed by atoms with E-state index in [0.717, 1.165) is 42.0 Å². The maximum absolute atomic E-state index is 12.9. The molecule has 2 aromatic carbocycles. The quantitative estimate of drug-likeness (QED) is 0.620. The van der Waals surface area contributed by atoms with Gasteiger partial charge in [-0.15, -0.1) is 0 Å². The highest BCUT2D eigenvalue weighted by atomic mass is 16.5. The van der Waals surface area contributed by atoms with Gasteiger partial charge >= 0.3 is 0 Å². The Balaban J connectivity index is 1.52. The van der Waals surface area contributed by atoms with Gasteiger partial charge in [0.1, 0.15) is 12.4 Å². The van der Waals surface area contributed by atoms with Crippen LogP contribution in [-0.2, 0) is 17.6 Å². The zero-order chi connectivity index (χ0) is 20.2. The molecule has 0 bridgehead atoms. The fourth-order valence-corrected chi connectivity index (χ4v) is 3.59. The molecule has 1 heterocycles. The Bertz CT molecular complexity index is 991. The molecule has 150 valence electrons. The maximum Gasteiger partial charge on any atom is 0.276 e. The lowest BCUT2D eigenvalue weighted by Gasteiger charge is -2.08. The van der Waals surface area contributed by atoms with Crippen LogP contribution in [0.5, 0.6) is 5.75 Å². The van der Waals surface area contributed by atoms with Crippen molar-refractivity contribution in [3.8, 4) is 11.4 Å². The molecular formula is C23H25N3O3. The minimum atomic E-state index is -0.179. The molecule has 6 heteroatoms. The van der Waals surface area contributed by atoms with Gasteiger partial charge in [-0.25, -0.2) is 4.68 Å². The Hall–Kier alpha value is -3.12. The summed E-state index contributed by atoms with van der Waals surface area (Å²) in [7, 11) is 1.64. The van der Waals surface area contributed by atoms with Gasteiger partial charge in [-0.3, -0.25) is 4.79 Å². The minimum Gasteiger partial charge on any atom is -0.491 e. The Morgan fingerprint density at radius 1 is 1.07 bits per heavy atom. The van der Waals surface area contributed by atoms with Crippen molar-refractivity contribution in [3.63, 3.8) is 0 Å². The van der Waals surface area contributed by atoms with Gasteiger partial charge in [-0.2, -0.15) is 5.10 Å². The van der Waals surface area contributed by atoms with Crippen LogP contribution in [0.25, 0.3) is 5.69 Å². The predicted molar refractivity (Wildman–Crippen MR) is 112 cm³/mol. The summed E-state index contributed by atoms with van der Waals surface area (Å²) in [4.78, 5) is 12.9. The minimum absolute atomic E-state index is 0.179. The third-order valence-electron chi connectivity index (χ3n) is 5.09. The molecule has 1 aliphatic carbocycles. The largest absolute Gasteiger partial charge is 0.491 e. The molecule has 1 amide bonds. The van der Waals surface area contributed by atoms with E-state index in [-0.39, 0.29) is 5.91 Å². The fraction of sp³-hybridized carbons (Fsp3) is 0.304. The number of hydrogen-bond donors (Lipinski definition) is 1. The van der Waals surface area contributed by atoms with Crippen molar-refractivity contribution in [2.24, 2.45) is 0 Å². The van der Waals surface area contributed by atoms with E-state index in [4.69, 9.17) is 9.47 Å². The van der Waals surface area contributed by atoms with Crippen LogP contribution in [0.1, 0.15) is 33.7 Å². The molecular weight excluding hydrogens is 366 g/mol. The lowest BCUT2D eigenvalue weighted by Crippen LogP contribution is -2.15. The van der Waals surface area contributed by atoms with Crippen molar-refractivity contribution in [2.45, 2.75) is 26.2 Å². The second-order valence-corrected chi connectivity index (χ2v) is 7.19. The molecule has 1 aromatic heterocycles. The van der Waals surface area contributed by atoms with Gasteiger partial charge < -0.3 is 14.8 Å². The first-order chi connectivity index (χ1) is 14.2. The Kier molecular flexibility index (Phi) is 5.62. The van der Waals surface area contributed by atoms with E-state index >= 15 is 0 Å². The highest BCUT2D eigenvalue weighted by Gasteiger charge is 2.27. The van der Waals surface area contributed by atoms with Crippen LogP contribution in [0, 0.1) is 6.92 Å². The average Bonchev–Trinajstić information content (AvgIpc) is 3.33. The summed E-state index contributed by atoms with van der Waals surface area (Å²) >= 11 is 0. The van der Waals surface area contributed by atoms with Crippen LogP contribution < -0.4 is 10.1 Å². The van der Waals surface area contributed by atoms with Gasteiger partial charge in [0.25, 0.3) is 5.91 Å². The zero-order valence-electron chi connectivity index (χ0n) is 16.8. The third-order valence-corrected chi connectivity index (χ3v) is 5.09. The van der Waals surface area contributed by atoms with Gasteiger partial charge in [-0.1, -0.05) is 17.7 Å². The number of fused-ring (bicyclic) bond motifs is 1. The number of benzene rings is 2. The highest BCUT2D eigenvalue weighted by Crippen LogP contribution is 2.28. The summed E-state index contributed by atoms with van der Waals surface area (Å²) in [5.74, 6) is 0.562. The summed E-state index contributed by atoms with van der Waals surface area (Å²) in [6.07, 6.45) is 2.88. The number of hydrogen-bond acceptors (Lipinski definition) is 4. The number of rotatable bonds is 7. The lowest BCUT2D eigenvalue weighted by atomic mass is 10.2. The topological polar surface area (TPSA) is 65.4 Å². The summed E-state index contributed by atoms with van der Waals surface area (Å²) in [6.45, 7) is 3.09. The monoisotopic (exact) mass is 391 g/mol. The Morgan fingerprint density at radius 2 is 1.83 bits per heavy atom. The number of amides is 1. The molecule has 6 nitrogen and oxygen atoms in total. The number of carbonyl (C=O) groups is 1. The van der Waals surface area contributed by atoms with E-state index in [2.05, 4.69) is 29.5 Å². The zero-order valence-corrected chi connectivity index (χ0v) is 16.8. The molecule has 0 spiro atoms. The number of aryl methyl sites for hydroxylation is 1. The van der Waals surface area contributed by atoms with Crippen molar-refractivity contribution >= 4 is 11.6 Å². The number of nitrogens with zero attached hydrogens (tertiary/aromatic N) is 2. The van der Waals surface area contributed by atoms with Crippen molar-refractivity contribution in [3.05, 3.63) is 71.0 Å². The summed E-state index contributed by atoms with van der Waals surface area (Å²) < 4.78 is 12.5. The molecule has 0 saturated carbocycles. The predicted octanol–water partition coefficient (Wildman–Crippen LogP) is 3.95. The van der Waals surface area contributed by atoms with Crippen LogP contribution in [0.2, 0.25) is 0 Å². The second-order valence-electron chi connectivity index (χ2n) is 7.19. The molecule has 0 radical (unpaired) electrons. The van der Waals surface area contributed by atoms with Crippen LogP contribution in [0.3, 0.4) is 0 Å². The van der Waals surface area contributed by atoms with E-state index in [1.165, 1.54) is 5.56 Å². The van der Waals surface area contributed by atoms with Crippen molar-refractivity contribution in [2.75, 3.05) is 25.6 Å². The summed E-state index contributed by atoms with van der Waals surface area (Å²) in [6, 6.07) is 15.5. The fourth-order valence-electron chi connectivity index (χ4n) is 3.59. The Labute approximate surface area is 170 Å². The second kappa shape index (κ2) is 8.49. The molecule has 0 aliphatic heterocycles. The van der Waals surface area contributed by atoms with Crippen molar-refractivity contribution < 1.29 is 14.3 Å². The number of methoxy groups -OCH3 is 1. The van der Waals surface area contributed by atoms with Gasteiger partial charge in [0.2, 0.25) is 0 Å². The maximum atomic E-state index is 12.9. The van der Waals surface area contributed by atoms with E-state index in [9.17, 15) is 4.79 Å². The molecule has 0 atom stereocenters. The highest BCUT2D eigenvalue weighted by molar-refractivity contribution is 6.04. The van der Waals surface area contributed by atoms with Gasteiger partial charge in [0.15, 0.2) is 5.69 Å². The van der Waals surface area contributed by atoms with Crippen LogP contribution in [0.4, 0.5) is 5.69 Å². The number of carbonyl (C=O) groups excluding carboxylic acids is 1. The summed E-state index contributed by atoms with van der Waals surface area (Å²) in [5.41, 5.74) is 5.61. The normalized spacial score (nSPS) is 12.6. The van der Waals surface area contributed by atoms with E-state index in [1.54, 1.807) is 7.11 Å². The van der Waals surface area contributed by atoms with Crippen molar-refractivity contribution in [1.82, 2.24) is 9.78 Å². The first-order valence-electron chi connectivity index (χ1n) is 9.86. The summed E-state index contributed by atoms with van der Waals surface area (Å²) in [5, 5.41) is 7.62. The van der Waals surface area contributed by atoms with Gasteiger partial charge in [0.05, 0.1) is 12.3 Å². The van der Waals surface area contributed by atoms with Gasteiger partial charge in [0, 0.05) is 24.1 Å². The number of nitrogens with one attached hydrogen (secondary N) is 1.